The average molecular weight is 528 g/mol. The molecule has 2 aromatic rings. The number of amides is 1. The van der Waals surface area contributed by atoms with E-state index in [1.165, 1.54) is 19.1 Å². The number of hydrogen-bond donors (Lipinski definition) is 5. The molecule has 198 valence electrons. The quantitative estimate of drug-likeness (QED) is 0.240. The molecule has 2 fully saturated rings. The lowest BCUT2D eigenvalue weighted by molar-refractivity contribution is -0.135. The number of aliphatic imine (C=N–C) groups is 1. The number of carbonyl (C=O) groups excluding carboxylic acids is 2. The Morgan fingerprint density at radius 2 is 1.95 bits per heavy atom. The number of sulfonamides is 1. The summed E-state index contributed by atoms with van der Waals surface area (Å²) in [6.07, 6.45) is 2.90. The van der Waals surface area contributed by atoms with Crippen molar-refractivity contribution in [3.05, 3.63) is 42.5 Å². The topological polar surface area (TPSA) is 184 Å². The molecule has 5 atom stereocenters. The van der Waals surface area contributed by atoms with E-state index in [0.717, 1.165) is 36.4 Å². The lowest BCUT2D eigenvalue weighted by atomic mass is 10.0. The molecule has 1 saturated heterocycles. The molecule has 37 heavy (non-hydrogen) atoms. The van der Waals surface area contributed by atoms with Crippen molar-refractivity contribution in [1.29, 1.82) is 5.41 Å². The smallest absolute Gasteiger partial charge is 0.241 e. The molecular formula is C25H33N7O4S. The minimum atomic E-state index is -4.04. The van der Waals surface area contributed by atoms with Gasteiger partial charge in [0, 0.05) is 25.8 Å². The Labute approximate surface area is 216 Å². The molecular weight excluding hydrogens is 494 g/mol. The summed E-state index contributed by atoms with van der Waals surface area (Å²) in [6.45, 7) is 2.94. The number of Topliss-reactive ketones (excluding diaryl/α,β-unsaturated/α-hetero) is 1. The van der Waals surface area contributed by atoms with Crippen molar-refractivity contribution in [2.45, 2.75) is 42.3 Å². The van der Waals surface area contributed by atoms with Crippen molar-refractivity contribution in [3.8, 4) is 0 Å². The molecule has 1 amide bonds. The number of fused-ring (bicyclic) bond motifs is 1. The zero-order valence-electron chi connectivity index (χ0n) is 20.8. The monoisotopic (exact) mass is 527 g/mol. The second kappa shape index (κ2) is 10.3. The lowest BCUT2D eigenvalue weighted by Crippen LogP contribution is -2.48. The van der Waals surface area contributed by atoms with Gasteiger partial charge in [-0.2, -0.15) is 0 Å². The first-order valence-electron chi connectivity index (χ1n) is 12.2. The Bertz CT molecular complexity index is 1360. The third kappa shape index (κ3) is 5.42. The zero-order chi connectivity index (χ0) is 27.0. The molecule has 7 N–H and O–H groups in total. The van der Waals surface area contributed by atoms with Crippen LogP contribution in [0.5, 0.6) is 0 Å². The van der Waals surface area contributed by atoms with E-state index in [9.17, 15) is 18.0 Å². The molecule has 1 aliphatic carbocycles. The minimum absolute atomic E-state index is 0.0240. The highest BCUT2D eigenvalue weighted by molar-refractivity contribution is 7.89. The fraction of sp³-hybridized carbons (Fsp3) is 0.440. The molecule has 0 radical (unpaired) electrons. The van der Waals surface area contributed by atoms with Gasteiger partial charge in [0.1, 0.15) is 0 Å². The number of likely N-dealkylation sites (N-methyl/N-ethyl adjacent to an activating group) is 1. The van der Waals surface area contributed by atoms with Crippen LogP contribution >= 0.6 is 0 Å². The predicted molar refractivity (Wildman–Crippen MR) is 142 cm³/mol. The Balaban J connectivity index is 1.54. The maximum Gasteiger partial charge on any atom is 0.241 e. The molecule has 12 heteroatoms. The van der Waals surface area contributed by atoms with Crippen molar-refractivity contribution >= 4 is 44.7 Å². The van der Waals surface area contributed by atoms with Crippen LogP contribution in [0.4, 0.5) is 0 Å². The van der Waals surface area contributed by atoms with E-state index in [-0.39, 0.29) is 16.8 Å². The molecule has 11 nitrogen and oxygen atoms in total. The van der Waals surface area contributed by atoms with Crippen LogP contribution in [0.15, 0.2) is 52.4 Å². The Morgan fingerprint density at radius 3 is 2.59 bits per heavy atom. The van der Waals surface area contributed by atoms with Gasteiger partial charge in [-0.1, -0.05) is 30.3 Å². The number of benzene rings is 2. The standard InChI is InChI=1S/C25H33N7O4S/c1-15(31-37(35,36)19-10-9-16-6-3-4-7-17(16)12-19)22(33)20-21(25(20,28)14-30-24(26)27)23(34)32(2)18-8-5-11-29-13-18/h3-4,6-7,9-10,12,14-15,18,20-21,29,31H,5,8,11,13,28H2,1-2H3,(H3,26,27)/t15-,18?,20?,21-,25?/m0/s1. The maximum absolute atomic E-state index is 13.5. The fourth-order valence-electron chi connectivity index (χ4n) is 5.06. The number of rotatable bonds is 8. The molecule has 0 spiro atoms. The largest absolute Gasteiger partial charge is 0.368 e. The second-order valence-corrected chi connectivity index (χ2v) is 11.5. The van der Waals surface area contributed by atoms with Crippen molar-refractivity contribution < 1.29 is 18.0 Å². The van der Waals surface area contributed by atoms with Crippen molar-refractivity contribution in [3.63, 3.8) is 0 Å². The first kappa shape index (κ1) is 26.9. The van der Waals surface area contributed by atoms with Gasteiger partial charge in [-0.05, 0) is 49.2 Å². The summed E-state index contributed by atoms with van der Waals surface area (Å²) in [5, 5.41) is 12.3. The molecule has 0 aromatic heterocycles. The molecule has 0 bridgehead atoms. The summed E-state index contributed by atoms with van der Waals surface area (Å²) in [5.74, 6) is -3.33. The van der Waals surface area contributed by atoms with Crippen LogP contribution in [0.25, 0.3) is 10.8 Å². The highest BCUT2D eigenvalue weighted by Crippen LogP contribution is 2.50. The highest BCUT2D eigenvalue weighted by Gasteiger charge is 2.69. The van der Waals surface area contributed by atoms with Gasteiger partial charge in [0.15, 0.2) is 5.78 Å². The minimum Gasteiger partial charge on any atom is -0.368 e. The molecule has 4 rings (SSSR count). The number of hydrogen-bond acceptors (Lipinski definition) is 7. The molecule has 2 aromatic carbocycles. The number of carbonyl (C=O) groups is 2. The van der Waals surface area contributed by atoms with Crippen LogP contribution < -0.4 is 21.5 Å². The summed E-state index contributed by atoms with van der Waals surface area (Å²) in [6, 6.07) is 10.9. The van der Waals surface area contributed by atoms with Crippen LogP contribution in [-0.4, -0.2) is 74.9 Å². The van der Waals surface area contributed by atoms with Gasteiger partial charge in [-0.3, -0.25) is 15.0 Å². The highest BCUT2D eigenvalue weighted by atomic mass is 32.2. The molecule has 1 saturated carbocycles. The van der Waals surface area contributed by atoms with Crippen molar-refractivity contribution in [2.75, 3.05) is 20.1 Å². The van der Waals surface area contributed by atoms with Crippen LogP contribution in [-0.2, 0) is 19.6 Å². The molecule has 1 aliphatic heterocycles. The number of ketones is 1. The van der Waals surface area contributed by atoms with Crippen molar-refractivity contribution in [2.24, 2.45) is 28.3 Å². The zero-order valence-corrected chi connectivity index (χ0v) is 21.7. The number of guanidine groups is 1. The lowest BCUT2D eigenvalue weighted by Gasteiger charge is -2.32. The molecule has 3 unspecified atom stereocenters. The number of nitrogens with one attached hydrogen (secondary N) is 3. The van der Waals surface area contributed by atoms with Gasteiger partial charge in [0.05, 0.1) is 28.3 Å². The first-order valence-corrected chi connectivity index (χ1v) is 13.6. The summed E-state index contributed by atoms with van der Waals surface area (Å²) in [4.78, 5) is 32.2. The van der Waals surface area contributed by atoms with Gasteiger partial charge < -0.3 is 21.7 Å². The van der Waals surface area contributed by atoms with Crippen LogP contribution in [0.2, 0.25) is 0 Å². The predicted octanol–water partition coefficient (Wildman–Crippen LogP) is 0.194. The Hall–Kier alpha value is -3.19. The molecule has 1 heterocycles. The van der Waals surface area contributed by atoms with Crippen LogP contribution in [0.1, 0.15) is 19.8 Å². The number of nitrogens with two attached hydrogens (primary N) is 2. The fourth-order valence-corrected chi connectivity index (χ4v) is 6.31. The van der Waals surface area contributed by atoms with Crippen LogP contribution in [0, 0.1) is 17.2 Å². The van der Waals surface area contributed by atoms with Crippen molar-refractivity contribution in [1.82, 2.24) is 14.9 Å². The van der Waals surface area contributed by atoms with E-state index >= 15 is 0 Å². The first-order chi connectivity index (χ1) is 17.5. The average Bonchev–Trinajstić information content (AvgIpc) is 3.51. The van der Waals surface area contributed by atoms with Gasteiger partial charge in [0.2, 0.25) is 21.9 Å². The van der Waals surface area contributed by atoms with Gasteiger partial charge in [0.25, 0.3) is 0 Å². The molecule has 2 aliphatic rings. The van der Waals surface area contributed by atoms with E-state index in [2.05, 4.69) is 15.0 Å². The normalized spacial score (nSPS) is 26.6. The Morgan fingerprint density at radius 1 is 1.24 bits per heavy atom. The number of piperidine rings is 1. The summed E-state index contributed by atoms with van der Waals surface area (Å²) in [7, 11) is -2.36. The van der Waals surface area contributed by atoms with E-state index in [1.54, 1.807) is 24.1 Å². The van der Waals surface area contributed by atoms with Gasteiger partial charge in [-0.25, -0.2) is 18.1 Å². The summed E-state index contributed by atoms with van der Waals surface area (Å²) in [5.41, 5.74) is 10.3. The van der Waals surface area contributed by atoms with E-state index < -0.39 is 45.2 Å². The summed E-state index contributed by atoms with van der Waals surface area (Å²) < 4.78 is 28.6. The third-order valence-electron chi connectivity index (χ3n) is 7.26. The maximum atomic E-state index is 13.5. The van der Waals surface area contributed by atoms with E-state index in [4.69, 9.17) is 16.9 Å². The van der Waals surface area contributed by atoms with Gasteiger partial charge in [-0.15, -0.1) is 0 Å². The SMILES string of the molecule is C[C@H](NS(=O)(=O)c1ccc2ccccc2c1)C(=O)C1[C@@H](C(=O)N(C)C2CCCNC2)C1(N)C=NC(=N)N. The van der Waals surface area contributed by atoms with E-state index in [1.807, 2.05) is 18.2 Å². The number of nitrogens with zero attached hydrogens (tertiary/aromatic N) is 2. The Kier molecular flexibility index (Phi) is 7.47. The second-order valence-electron chi connectivity index (χ2n) is 9.80. The summed E-state index contributed by atoms with van der Waals surface area (Å²) >= 11 is 0. The van der Waals surface area contributed by atoms with Crippen LogP contribution in [0.3, 0.4) is 0 Å². The third-order valence-corrected chi connectivity index (χ3v) is 8.80. The van der Waals surface area contributed by atoms with E-state index in [0.29, 0.717) is 6.54 Å². The van der Waals surface area contributed by atoms with Gasteiger partial charge >= 0.3 is 0 Å².